The molecule has 19 heavy (non-hydrogen) atoms. The van der Waals surface area contributed by atoms with Crippen LogP contribution >= 0.6 is 15.9 Å². The molecule has 0 aliphatic rings. The quantitative estimate of drug-likeness (QED) is 0.748. The lowest BCUT2D eigenvalue weighted by Crippen LogP contribution is -1.99. The molecule has 0 amide bonds. The summed E-state index contributed by atoms with van der Waals surface area (Å²) < 4.78 is 2.68. The van der Waals surface area contributed by atoms with Crippen LogP contribution in [0.2, 0.25) is 0 Å². The third-order valence-corrected chi connectivity index (χ3v) is 3.40. The number of anilines is 1. The third-order valence-electron chi connectivity index (χ3n) is 2.97. The summed E-state index contributed by atoms with van der Waals surface area (Å²) in [5, 5.41) is 5.25. The molecule has 0 spiro atoms. The summed E-state index contributed by atoms with van der Waals surface area (Å²) >= 11 is 3.40. The Kier molecular flexibility index (Phi) is 2.78. The van der Waals surface area contributed by atoms with Crippen molar-refractivity contribution in [2.45, 2.75) is 13.8 Å². The van der Waals surface area contributed by atoms with E-state index in [1.807, 2.05) is 6.07 Å². The van der Waals surface area contributed by atoms with Crippen molar-refractivity contribution < 1.29 is 0 Å². The summed E-state index contributed by atoms with van der Waals surface area (Å²) in [6.45, 7) is 4.13. The maximum absolute atomic E-state index is 5.97. The molecule has 2 aromatic heterocycles. The highest BCUT2D eigenvalue weighted by Crippen LogP contribution is 2.25. The van der Waals surface area contributed by atoms with Gasteiger partial charge in [0, 0.05) is 10.7 Å². The Balaban J connectivity index is 2.31. The van der Waals surface area contributed by atoms with Crippen LogP contribution in [-0.2, 0) is 0 Å². The number of nitrogens with two attached hydrogens (primary N) is 1. The van der Waals surface area contributed by atoms with Crippen molar-refractivity contribution in [3.05, 3.63) is 46.1 Å². The van der Waals surface area contributed by atoms with Crippen LogP contribution in [0.5, 0.6) is 0 Å². The van der Waals surface area contributed by atoms with E-state index in [0.717, 1.165) is 21.2 Å². The molecular weight excluding hydrogens is 304 g/mol. The molecule has 3 aromatic rings. The molecule has 2 N–H and O–H groups in total. The predicted octanol–water partition coefficient (Wildman–Crippen LogP) is 3.38. The van der Waals surface area contributed by atoms with Gasteiger partial charge in [0.1, 0.15) is 0 Å². The second-order valence-electron chi connectivity index (χ2n) is 4.67. The van der Waals surface area contributed by atoms with Crippen LogP contribution in [0.15, 0.2) is 34.9 Å². The number of fused-ring (bicyclic) bond motifs is 1. The second kappa shape index (κ2) is 4.35. The first-order valence-electron chi connectivity index (χ1n) is 5.93. The molecule has 0 bridgehead atoms. The van der Waals surface area contributed by atoms with Gasteiger partial charge in [-0.2, -0.15) is 0 Å². The van der Waals surface area contributed by atoms with Crippen LogP contribution in [0.1, 0.15) is 11.1 Å². The van der Waals surface area contributed by atoms with E-state index in [9.17, 15) is 0 Å². The summed E-state index contributed by atoms with van der Waals surface area (Å²) in [7, 11) is 0. The average molecular weight is 317 g/mol. The highest BCUT2D eigenvalue weighted by atomic mass is 79.9. The molecule has 0 atom stereocenters. The SMILES string of the molecule is Cc1cc(C)cc(-n2nc(N)c3cc(Br)cnc32)c1. The van der Waals surface area contributed by atoms with Gasteiger partial charge >= 0.3 is 0 Å². The minimum Gasteiger partial charge on any atom is -0.382 e. The molecule has 0 fully saturated rings. The second-order valence-corrected chi connectivity index (χ2v) is 5.58. The molecule has 2 heterocycles. The zero-order valence-electron chi connectivity index (χ0n) is 10.7. The highest BCUT2D eigenvalue weighted by Gasteiger charge is 2.11. The van der Waals surface area contributed by atoms with E-state index in [1.165, 1.54) is 11.1 Å². The van der Waals surface area contributed by atoms with Crippen LogP contribution in [0.3, 0.4) is 0 Å². The van der Waals surface area contributed by atoms with E-state index >= 15 is 0 Å². The van der Waals surface area contributed by atoms with Crippen LogP contribution in [0.25, 0.3) is 16.7 Å². The van der Waals surface area contributed by atoms with E-state index in [4.69, 9.17) is 5.73 Å². The Morgan fingerprint density at radius 1 is 1.11 bits per heavy atom. The van der Waals surface area contributed by atoms with Gasteiger partial charge in [0.2, 0.25) is 0 Å². The van der Waals surface area contributed by atoms with Gasteiger partial charge < -0.3 is 5.73 Å². The first kappa shape index (κ1) is 12.2. The lowest BCUT2D eigenvalue weighted by Gasteiger charge is -2.05. The van der Waals surface area contributed by atoms with Gasteiger partial charge in [0.25, 0.3) is 0 Å². The van der Waals surface area contributed by atoms with Gasteiger partial charge in [-0.05, 0) is 59.1 Å². The van der Waals surface area contributed by atoms with Crippen molar-refractivity contribution >= 4 is 32.8 Å². The number of nitrogen functional groups attached to an aromatic ring is 1. The molecule has 96 valence electrons. The number of hydrogen-bond donors (Lipinski definition) is 1. The number of nitrogens with zero attached hydrogens (tertiary/aromatic N) is 3. The predicted molar refractivity (Wildman–Crippen MR) is 80.5 cm³/mol. The molecule has 3 rings (SSSR count). The summed E-state index contributed by atoms with van der Waals surface area (Å²) in [6.07, 6.45) is 1.75. The molecule has 0 aliphatic carbocycles. The van der Waals surface area contributed by atoms with E-state index in [2.05, 4.69) is 58.1 Å². The lowest BCUT2D eigenvalue weighted by molar-refractivity contribution is 0.899. The number of hydrogen-bond acceptors (Lipinski definition) is 3. The first-order chi connectivity index (χ1) is 9.04. The zero-order chi connectivity index (χ0) is 13.6. The fourth-order valence-corrected chi connectivity index (χ4v) is 2.58. The molecule has 0 unspecified atom stereocenters. The minimum absolute atomic E-state index is 0.489. The van der Waals surface area contributed by atoms with Crippen molar-refractivity contribution in [2.24, 2.45) is 0 Å². The van der Waals surface area contributed by atoms with Gasteiger partial charge in [0.15, 0.2) is 11.5 Å². The topological polar surface area (TPSA) is 56.7 Å². The van der Waals surface area contributed by atoms with E-state index < -0.39 is 0 Å². The number of pyridine rings is 1. The number of benzene rings is 1. The maximum Gasteiger partial charge on any atom is 0.165 e. The van der Waals surface area contributed by atoms with Crippen LogP contribution < -0.4 is 5.73 Å². The minimum atomic E-state index is 0.489. The van der Waals surface area contributed by atoms with Crippen LogP contribution in [0, 0.1) is 13.8 Å². The highest BCUT2D eigenvalue weighted by molar-refractivity contribution is 9.10. The Labute approximate surface area is 119 Å². The molecule has 4 nitrogen and oxygen atoms in total. The van der Waals surface area contributed by atoms with E-state index in [-0.39, 0.29) is 0 Å². The smallest absolute Gasteiger partial charge is 0.165 e. The van der Waals surface area contributed by atoms with Gasteiger partial charge in [-0.3, -0.25) is 0 Å². The summed E-state index contributed by atoms with van der Waals surface area (Å²) in [6, 6.07) is 8.21. The summed E-state index contributed by atoms with van der Waals surface area (Å²) in [4.78, 5) is 4.41. The standard InChI is InChI=1S/C14H13BrN4/c1-8-3-9(2)5-11(4-8)19-14-12(13(16)18-19)6-10(15)7-17-14/h3-7H,1-2H3,(H2,16,18). The van der Waals surface area contributed by atoms with Crippen molar-refractivity contribution in [3.8, 4) is 5.69 Å². The summed E-state index contributed by atoms with van der Waals surface area (Å²) in [5.41, 5.74) is 10.1. The molecule has 0 radical (unpaired) electrons. The van der Waals surface area contributed by atoms with Crippen LogP contribution in [0.4, 0.5) is 5.82 Å². The zero-order valence-corrected chi connectivity index (χ0v) is 12.3. The molecule has 0 saturated heterocycles. The van der Waals surface area contributed by atoms with Gasteiger partial charge in [-0.25, -0.2) is 9.67 Å². The first-order valence-corrected chi connectivity index (χ1v) is 6.72. The normalized spacial score (nSPS) is 11.1. The van der Waals surface area contributed by atoms with Crippen LogP contribution in [-0.4, -0.2) is 14.8 Å². The third kappa shape index (κ3) is 2.10. The Morgan fingerprint density at radius 3 is 2.47 bits per heavy atom. The lowest BCUT2D eigenvalue weighted by atomic mass is 10.1. The van der Waals surface area contributed by atoms with E-state index in [1.54, 1.807) is 10.9 Å². The van der Waals surface area contributed by atoms with Crippen molar-refractivity contribution in [2.75, 3.05) is 5.73 Å². The molecule has 0 saturated carbocycles. The summed E-state index contributed by atoms with van der Waals surface area (Å²) in [5.74, 6) is 0.489. The van der Waals surface area contributed by atoms with Gasteiger partial charge in [-0.15, -0.1) is 5.10 Å². The number of aryl methyl sites for hydroxylation is 2. The molecule has 5 heteroatoms. The van der Waals surface area contributed by atoms with Crippen molar-refractivity contribution in [3.63, 3.8) is 0 Å². The van der Waals surface area contributed by atoms with E-state index in [0.29, 0.717) is 5.82 Å². The van der Waals surface area contributed by atoms with Gasteiger partial charge in [0.05, 0.1) is 11.1 Å². The fourth-order valence-electron chi connectivity index (χ4n) is 2.25. The maximum atomic E-state index is 5.97. The molecule has 1 aromatic carbocycles. The monoisotopic (exact) mass is 316 g/mol. The fraction of sp³-hybridized carbons (Fsp3) is 0.143. The number of aromatic nitrogens is 3. The van der Waals surface area contributed by atoms with Gasteiger partial charge in [-0.1, -0.05) is 6.07 Å². The Bertz CT molecular complexity index is 756. The number of halogens is 1. The molecule has 0 aliphatic heterocycles. The number of rotatable bonds is 1. The Morgan fingerprint density at radius 2 is 1.79 bits per heavy atom. The largest absolute Gasteiger partial charge is 0.382 e. The van der Waals surface area contributed by atoms with Crippen molar-refractivity contribution in [1.29, 1.82) is 0 Å². The Hall–Kier alpha value is -1.88. The average Bonchev–Trinajstić information content (AvgIpc) is 2.65. The molecular formula is C14H13BrN4. The van der Waals surface area contributed by atoms with Crippen molar-refractivity contribution in [1.82, 2.24) is 14.8 Å².